The van der Waals surface area contributed by atoms with Crippen LogP contribution in [0, 0.1) is 0 Å². The molecular weight excluding hydrogens is 263 g/mol. The molecule has 0 aliphatic heterocycles. The second-order valence-corrected chi connectivity index (χ2v) is 5.19. The molecule has 0 aliphatic rings. The number of nitrogens with zero attached hydrogens (tertiary/aromatic N) is 1. The first-order chi connectivity index (χ1) is 6.44. The Labute approximate surface area is 98.2 Å². The minimum absolute atomic E-state index is 0.0338. The Kier molecular flexibility index (Phi) is 3.93. The van der Waals surface area contributed by atoms with Crippen LogP contribution < -0.4 is 5.32 Å². The fourth-order valence-electron chi connectivity index (χ4n) is 1.15. The minimum atomic E-state index is 0.0338. The third kappa shape index (κ3) is 3.23. The van der Waals surface area contributed by atoms with Crippen LogP contribution in [-0.2, 0) is 6.42 Å². The molecular formula is C10H14BrClN2. The molecule has 0 aromatic carbocycles. The maximum atomic E-state index is 6.00. The van der Waals surface area contributed by atoms with Crippen LogP contribution in [0.4, 0.5) is 0 Å². The highest BCUT2D eigenvalue weighted by atomic mass is 79.9. The van der Waals surface area contributed by atoms with E-state index in [1.54, 1.807) is 6.20 Å². The molecule has 1 rings (SSSR count). The number of pyridine rings is 1. The summed E-state index contributed by atoms with van der Waals surface area (Å²) in [6, 6.07) is 2.01. The highest BCUT2D eigenvalue weighted by Gasteiger charge is 2.17. The van der Waals surface area contributed by atoms with E-state index in [1.165, 1.54) is 0 Å². The Morgan fingerprint density at radius 1 is 1.57 bits per heavy atom. The van der Waals surface area contributed by atoms with Gasteiger partial charge in [-0.15, -0.1) is 0 Å². The van der Waals surface area contributed by atoms with Crippen molar-refractivity contribution < 1.29 is 0 Å². The van der Waals surface area contributed by atoms with Crippen LogP contribution in [0.3, 0.4) is 0 Å². The van der Waals surface area contributed by atoms with Crippen LogP contribution in [0.5, 0.6) is 0 Å². The van der Waals surface area contributed by atoms with Crippen molar-refractivity contribution in [3.63, 3.8) is 0 Å². The topological polar surface area (TPSA) is 24.9 Å². The van der Waals surface area contributed by atoms with E-state index < -0.39 is 0 Å². The lowest BCUT2D eigenvalue weighted by molar-refractivity contribution is 0.421. The highest BCUT2D eigenvalue weighted by molar-refractivity contribution is 9.10. The molecule has 0 saturated heterocycles. The average molecular weight is 278 g/mol. The molecule has 1 heterocycles. The van der Waals surface area contributed by atoms with E-state index in [4.69, 9.17) is 11.6 Å². The van der Waals surface area contributed by atoms with Gasteiger partial charge in [-0.1, -0.05) is 11.6 Å². The van der Waals surface area contributed by atoms with E-state index in [-0.39, 0.29) is 5.54 Å². The molecule has 0 saturated carbocycles. The van der Waals surface area contributed by atoms with Crippen LogP contribution in [0.1, 0.15) is 19.4 Å². The molecule has 78 valence electrons. The van der Waals surface area contributed by atoms with Crippen molar-refractivity contribution in [2.45, 2.75) is 25.8 Å². The molecule has 1 N–H and O–H groups in total. The number of hydrogen-bond acceptors (Lipinski definition) is 2. The van der Waals surface area contributed by atoms with Gasteiger partial charge in [-0.05, 0) is 54.9 Å². The summed E-state index contributed by atoms with van der Waals surface area (Å²) < 4.78 is 0.962. The van der Waals surface area contributed by atoms with Crippen molar-refractivity contribution in [1.29, 1.82) is 0 Å². The first kappa shape index (κ1) is 12.0. The largest absolute Gasteiger partial charge is 0.314 e. The van der Waals surface area contributed by atoms with Crippen LogP contribution in [0.2, 0.25) is 5.15 Å². The van der Waals surface area contributed by atoms with Crippen LogP contribution in [0.15, 0.2) is 16.7 Å². The van der Waals surface area contributed by atoms with Gasteiger partial charge in [-0.25, -0.2) is 4.98 Å². The summed E-state index contributed by atoms with van der Waals surface area (Å²) in [4.78, 5) is 4.09. The summed E-state index contributed by atoms with van der Waals surface area (Å²) in [5.74, 6) is 0. The summed E-state index contributed by atoms with van der Waals surface area (Å²) in [5, 5.41) is 3.81. The van der Waals surface area contributed by atoms with E-state index in [0.29, 0.717) is 5.15 Å². The number of aromatic nitrogens is 1. The second-order valence-electron chi connectivity index (χ2n) is 3.91. The third-order valence-corrected chi connectivity index (χ3v) is 2.96. The van der Waals surface area contributed by atoms with Crippen molar-refractivity contribution in [3.05, 3.63) is 27.5 Å². The van der Waals surface area contributed by atoms with Crippen molar-refractivity contribution in [2.75, 3.05) is 7.05 Å². The van der Waals surface area contributed by atoms with Gasteiger partial charge >= 0.3 is 0 Å². The number of likely N-dealkylation sites (N-methyl/N-ethyl adjacent to an activating group) is 1. The molecule has 0 amide bonds. The maximum Gasteiger partial charge on any atom is 0.132 e. The van der Waals surface area contributed by atoms with Gasteiger partial charge in [-0.3, -0.25) is 0 Å². The van der Waals surface area contributed by atoms with E-state index in [2.05, 4.69) is 40.1 Å². The van der Waals surface area contributed by atoms with Crippen molar-refractivity contribution >= 4 is 27.5 Å². The minimum Gasteiger partial charge on any atom is -0.314 e. The van der Waals surface area contributed by atoms with Crippen LogP contribution in [-0.4, -0.2) is 17.6 Å². The van der Waals surface area contributed by atoms with E-state index >= 15 is 0 Å². The van der Waals surface area contributed by atoms with E-state index in [0.717, 1.165) is 16.5 Å². The molecule has 0 aliphatic carbocycles. The summed E-state index contributed by atoms with van der Waals surface area (Å²) >= 11 is 9.38. The van der Waals surface area contributed by atoms with Crippen LogP contribution in [0.25, 0.3) is 0 Å². The number of rotatable bonds is 3. The SMILES string of the molecule is CNC(C)(C)Cc1cc(Br)cnc1Cl. The summed E-state index contributed by atoms with van der Waals surface area (Å²) in [7, 11) is 1.94. The molecule has 0 unspecified atom stereocenters. The van der Waals surface area contributed by atoms with Gasteiger partial charge in [0.15, 0.2) is 0 Å². The molecule has 0 spiro atoms. The zero-order valence-corrected chi connectivity index (χ0v) is 10.9. The lowest BCUT2D eigenvalue weighted by atomic mass is 9.96. The molecule has 0 bridgehead atoms. The van der Waals surface area contributed by atoms with Crippen molar-refractivity contribution in [3.8, 4) is 0 Å². The standard InChI is InChI=1S/C10H14BrClN2/c1-10(2,13-3)5-7-4-8(11)6-14-9(7)12/h4,6,13H,5H2,1-3H3. The number of halogens is 2. The van der Waals surface area contributed by atoms with Gasteiger partial charge in [0.1, 0.15) is 5.15 Å². The van der Waals surface area contributed by atoms with Gasteiger partial charge in [0.05, 0.1) is 0 Å². The van der Waals surface area contributed by atoms with E-state index in [1.807, 2.05) is 13.1 Å². The molecule has 2 nitrogen and oxygen atoms in total. The molecule has 0 atom stereocenters. The summed E-state index contributed by atoms with van der Waals surface area (Å²) in [5.41, 5.74) is 1.09. The molecule has 14 heavy (non-hydrogen) atoms. The molecule has 1 aromatic rings. The summed E-state index contributed by atoms with van der Waals surface area (Å²) in [6.07, 6.45) is 2.56. The number of nitrogens with one attached hydrogen (secondary N) is 1. The average Bonchev–Trinajstić information content (AvgIpc) is 2.11. The summed E-state index contributed by atoms with van der Waals surface area (Å²) in [6.45, 7) is 4.26. The normalized spacial score (nSPS) is 11.8. The van der Waals surface area contributed by atoms with Gasteiger partial charge in [0, 0.05) is 16.2 Å². The Bertz CT molecular complexity index is 326. The van der Waals surface area contributed by atoms with Gasteiger partial charge in [-0.2, -0.15) is 0 Å². The molecule has 4 heteroatoms. The Morgan fingerprint density at radius 3 is 2.79 bits per heavy atom. The maximum absolute atomic E-state index is 6.00. The molecule has 0 radical (unpaired) electrons. The lowest BCUT2D eigenvalue weighted by Gasteiger charge is -2.24. The lowest BCUT2D eigenvalue weighted by Crippen LogP contribution is -2.38. The van der Waals surface area contributed by atoms with Gasteiger partial charge < -0.3 is 5.32 Å². The zero-order chi connectivity index (χ0) is 10.8. The Hall–Kier alpha value is -0.120. The predicted molar refractivity (Wildman–Crippen MR) is 63.8 cm³/mol. The van der Waals surface area contributed by atoms with E-state index in [9.17, 15) is 0 Å². The van der Waals surface area contributed by atoms with Crippen molar-refractivity contribution in [1.82, 2.24) is 10.3 Å². The monoisotopic (exact) mass is 276 g/mol. The smallest absolute Gasteiger partial charge is 0.132 e. The fraction of sp³-hybridized carbons (Fsp3) is 0.500. The Morgan fingerprint density at radius 2 is 2.21 bits per heavy atom. The quantitative estimate of drug-likeness (QED) is 0.859. The van der Waals surface area contributed by atoms with Crippen molar-refractivity contribution in [2.24, 2.45) is 0 Å². The fourth-order valence-corrected chi connectivity index (χ4v) is 1.70. The first-order valence-corrected chi connectivity index (χ1v) is 5.60. The second kappa shape index (κ2) is 4.60. The Balaban J connectivity index is 2.91. The molecule has 0 fully saturated rings. The number of hydrogen-bond donors (Lipinski definition) is 1. The molecule has 1 aromatic heterocycles. The first-order valence-electron chi connectivity index (χ1n) is 4.43. The predicted octanol–water partition coefficient (Wildman–Crippen LogP) is 3.04. The third-order valence-electron chi connectivity index (χ3n) is 2.19. The van der Waals surface area contributed by atoms with Gasteiger partial charge in [0.2, 0.25) is 0 Å². The highest BCUT2D eigenvalue weighted by Crippen LogP contribution is 2.22. The van der Waals surface area contributed by atoms with Crippen LogP contribution >= 0.6 is 27.5 Å². The van der Waals surface area contributed by atoms with Gasteiger partial charge in [0.25, 0.3) is 0 Å². The zero-order valence-electron chi connectivity index (χ0n) is 8.56.